The first kappa shape index (κ1) is 40.6. The minimum atomic E-state index is -0.0369. The maximum absolute atomic E-state index is 7.48. The molecule has 2 heterocycles. The predicted molar refractivity (Wildman–Crippen MR) is 265 cm³/mol. The molecular formula is C56H59BCl2N2. The zero-order chi connectivity index (χ0) is 43.2. The monoisotopic (exact) mass is 840 g/mol. The smallest absolute Gasteiger partial charge is 0.252 e. The maximum atomic E-state index is 7.48. The van der Waals surface area contributed by atoms with Gasteiger partial charge in [-0.15, -0.1) is 0 Å². The van der Waals surface area contributed by atoms with Crippen molar-refractivity contribution in [3.8, 4) is 11.1 Å². The first-order valence-corrected chi connectivity index (χ1v) is 23.2. The number of benzene rings is 6. The van der Waals surface area contributed by atoms with Gasteiger partial charge in [-0.05, 0) is 157 Å². The van der Waals surface area contributed by atoms with Gasteiger partial charge in [0, 0.05) is 44.0 Å². The van der Waals surface area contributed by atoms with Gasteiger partial charge in [-0.3, -0.25) is 0 Å². The van der Waals surface area contributed by atoms with E-state index in [0.29, 0.717) is 10.0 Å². The molecule has 0 spiro atoms. The van der Waals surface area contributed by atoms with E-state index in [2.05, 4.69) is 195 Å². The topological polar surface area (TPSA) is 6.48 Å². The summed E-state index contributed by atoms with van der Waals surface area (Å²) in [6.45, 7) is 26.3. The molecule has 0 amide bonds. The third kappa shape index (κ3) is 6.34. The summed E-state index contributed by atoms with van der Waals surface area (Å²) in [4.78, 5) is 5.04. The largest absolute Gasteiger partial charge is 0.311 e. The highest BCUT2D eigenvalue weighted by Crippen LogP contribution is 2.53. The van der Waals surface area contributed by atoms with Crippen LogP contribution in [0.2, 0.25) is 10.0 Å². The summed E-state index contributed by atoms with van der Waals surface area (Å²) < 4.78 is 0. The molecule has 0 unspecified atom stereocenters. The van der Waals surface area contributed by atoms with Gasteiger partial charge in [0.25, 0.3) is 6.71 Å². The fourth-order valence-corrected chi connectivity index (χ4v) is 11.7. The minimum absolute atomic E-state index is 0.0319. The standard InChI is InChI=1S/C56H59BCl2N2/c1-52(2,3)35-17-22-46(39(27-35)34-15-13-12-14-16-34)61-47-28-36(58)18-21-44(47)57-45-32-42-43(56(10,11)26-25-55(42,8)9)33-48(45)60(49-29-37(59)30-50(61)51(49)57)38-19-20-40-41(31-38)54(6,7)24-23-53(40,4)5/h12-22,27-33H,23-26H2,1-11H3. The van der Waals surface area contributed by atoms with E-state index in [0.717, 1.165) is 42.0 Å². The van der Waals surface area contributed by atoms with Crippen LogP contribution in [-0.4, -0.2) is 6.71 Å². The van der Waals surface area contributed by atoms with Crippen molar-refractivity contribution in [1.29, 1.82) is 0 Å². The highest BCUT2D eigenvalue weighted by molar-refractivity contribution is 7.00. The SMILES string of the molecule is CC(C)(C)c1ccc(N2c3cc(Cl)ccc3B3c4cc5c(cc4N(c4ccc6c(c4)C(C)(C)CCC6(C)C)c4cc(Cl)cc2c43)C(C)(C)CCC5(C)C)c(-c2ccccc2)c1. The number of hydrogen-bond acceptors (Lipinski definition) is 2. The summed E-state index contributed by atoms with van der Waals surface area (Å²) in [6, 6.07) is 41.4. The lowest BCUT2D eigenvalue weighted by Crippen LogP contribution is -2.61. The molecule has 61 heavy (non-hydrogen) atoms. The Morgan fingerprint density at radius 2 is 1.03 bits per heavy atom. The van der Waals surface area contributed by atoms with Crippen LogP contribution in [0.15, 0.2) is 109 Å². The van der Waals surface area contributed by atoms with Crippen molar-refractivity contribution < 1.29 is 0 Å². The van der Waals surface area contributed by atoms with Gasteiger partial charge in [0.1, 0.15) is 0 Å². The van der Waals surface area contributed by atoms with Crippen LogP contribution in [0.4, 0.5) is 34.1 Å². The lowest BCUT2D eigenvalue weighted by Gasteiger charge is -2.48. The Balaban J connectivity index is 1.32. The normalized spacial score (nSPS) is 18.7. The zero-order valence-electron chi connectivity index (χ0n) is 37.9. The van der Waals surface area contributed by atoms with Gasteiger partial charge in [-0.25, -0.2) is 0 Å². The van der Waals surface area contributed by atoms with Crippen LogP contribution in [-0.2, 0) is 27.1 Å². The van der Waals surface area contributed by atoms with E-state index in [1.54, 1.807) is 0 Å². The molecule has 4 aliphatic rings. The first-order chi connectivity index (χ1) is 28.7. The molecule has 0 saturated carbocycles. The number of nitrogens with zero attached hydrogens (tertiary/aromatic N) is 2. The summed E-state index contributed by atoms with van der Waals surface area (Å²) >= 11 is 14.6. The summed E-state index contributed by atoms with van der Waals surface area (Å²) in [7, 11) is 0. The Bertz CT molecular complexity index is 2790. The van der Waals surface area contributed by atoms with Gasteiger partial charge < -0.3 is 9.80 Å². The Morgan fingerprint density at radius 3 is 1.67 bits per heavy atom. The van der Waals surface area contributed by atoms with Crippen molar-refractivity contribution >= 4 is 80.4 Å². The molecule has 5 heteroatoms. The van der Waals surface area contributed by atoms with Crippen molar-refractivity contribution in [2.75, 3.05) is 9.80 Å². The van der Waals surface area contributed by atoms with Gasteiger partial charge in [-0.2, -0.15) is 0 Å². The van der Waals surface area contributed by atoms with Crippen molar-refractivity contribution in [3.63, 3.8) is 0 Å². The summed E-state index contributed by atoms with van der Waals surface area (Å²) in [5, 5.41) is 1.43. The summed E-state index contributed by atoms with van der Waals surface area (Å²) in [5.74, 6) is 0. The van der Waals surface area contributed by atoms with E-state index < -0.39 is 0 Å². The second-order valence-corrected chi connectivity index (χ2v) is 23.1. The van der Waals surface area contributed by atoms with E-state index in [1.807, 2.05) is 0 Å². The molecule has 0 saturated heterocycles. The number of fused-ring (bicyclic) bond motifs is 6. The predicted octanol–water partition coefficient (Wildman–Crippen LogP) is 14.7. The van der Waals surface area contributed by atoms with E-state index in [4.69, 9.17) is 23.2 Å². The zero-order valence-corrected chi connectivity index (χ0v) is 39.5. The number of anilines is 6. The Morgan fingerprint density at radius 1 is 0.475 bits per heavy atom. The van der Waals surface area contributed by atoms with Crippen LogP contribution >= 0.6 is 23.2 Å². The first-order valence-electron chi connectivity index (χ1n) is 22.4. The molecule has 6 aromatic rings. The molecule has 0 aromatic heterocycles. The molecule has 0 atom stereocenters. The molecule has 0 bridgehead atoms. The molecule has 0 radical (unpaired) electrons. The van der Waals surface area contributed by atoms with Gasteiger partial charge >= 0.3 is 0 Å². The Labute approximate surface area is 375 Å². The van der Waals surface area contributed by atoms with Crippen LogP contribution in [0.3, 0.4) is 0 Å². The molecule has 0 fully saturated rings. The van der Waals surface area contributed by atoms with Crippen molar-refractivity contribution in [1.82, 2.24) is 0 Å². The number of hydrogen-bond donors (Lipinski definition) is 0. The Hall–Kier alpha value is -4.44. The van der Waals surface area contributed by atoms with Crippen molar-refractivity contribution in [2.24, 2.45) is 0 Å². The van der Waals surface area contributed by atoms with E-state index in [9.17, 15) is 0 Å². The van der Waals surface area contributed by atoms with Crippen LogP contribution < -0.4 is 26.2 Å². The maximum Gasteiger partial charge on any atom is 0.252 e. The van der Waals surface area contributed by atoms with E-state index in [-0.39, 0.29) is 33.8 Å². The quantitative estimate of drug-likeness (QED) is 0.164. The molecule has 310 valence electrons. The van der Waals surface area contributed by atoms with E-state index >= 15 is 0 Å². The fraction of sp³-hybridized carbons (Fsp3) is 0.357. The second kappa shape index (κ2) is 13.5. The third-order valence-corrected chi connectivity index (χ3v) is 15.7. The molecule has 0 N–H and O–H groups in total. The van der Waals surface area contributed by atoms with Crippen LogP contribution in [0.1, 0.15) is 130 Å². The summed E-state index contributed by atoms with van der Waals surface area (Å²) in [6.07, 6.45) is 4.64. The van der Waals surface area contributed by atoms with Gasteiger partial charge in [0.15, 0.2) is 0 Å². The van der Waals surface area contributed by atoms with Gasteiger partial charge in [0.05, 0.1) is 5.69 Å². The minimum Gasteiger partial charge on any atom is -0.311 e. The average molecular weight is 842 g/mol. The van der Waals surface area contributed by atoms with Crippen molar-refractivity contribution in [3.05, 3.63) is 147 Å². The van der Waals surface area contributed by atoms with Crippen LogP contribution in [0.25, 0.3) is 11.1 Å². The van der Waals surface area contributed by atoms with Gasteiger partial charge in [0.2, 0.25) is 0 Å². The average Bonchev–Trinajstić information content (AvgIpc) is 3.20. The third-order valence-electron chi connectivity index (χ3n) is 15.3. The van der Waals surface area contributed by atoms with E-state index in [1.165, 1.54) is 73.1 Å². The molecule has 2 aliphatic carbocycles. The van der Waals surface area contributed by atoms with Gasteiger partial charge in [-0.1, -0.05) is 154 Å². The second-order valence-electron chi connectivity index (χ2n) is 22.2. The Kier molecular flexibility index (Phi) is 9.01. The molecule has 6 aromatic carbocycles. The lowest BCUT2D eigenvalue weighted by molar-refractivity contribution is 0.332. The van der Waals surface area contributed by atoms with Crippen molar-refractivity contribution in [2.45, 2.75) is 129 Å². The highest BCUT2D eigenvalue weighted by Gasteiger charge is 2.47. The number of rotatable bonds is 3. The van der Waals surface area contributed by atoms with Crippen LogP contribution in [0.5, 0.6) is 0 Å². The molecule has 2 nitrogen and oxygen atoms in total. The molecule has 10 rings (SSSR count). The lowest BCUT2D eigenvalue weighted by atomic mass is 9.33. The number of halogens is 2. The summed E-state index contributed by atoms with van der Waals surface area (Å²) in [5.41, 5.74) is 20.4. The molecule has 2 aliphatic heterocycles. The highest BCUT2D eigenvalue weighted by atomic mass is 35.5. The molecular weight excluding hydrogens is 782 g/mol. The van der Waals surface area contributed by atoms with Crippen LogP contribution in [0, 0.1) is 0 Å². The fourth-order valence-electron chi connectivity index (χ4n) is 11.3.